The fourth-order valence-electron chi connectivity index (χ4n) is 11.2. The molecule has 3 aromatic carbocycles. The first-order chi connectivity index (χ1) is 51.0. The molecular weight excluding hydrogens is 1470 g/mol. The summed E-state index contributed by atoms with van der Waals surface area (Å²) in [6, 6.07) is 21.7. The number of thiazole rings is 3. The SMILES string of the molecule is C=CC(=O)Nc1ccc(C(=O)N2CCC[C@@H](Nc3ncc(SCc4cccnc4)s3)C2)cc1.C=CC(=O)Nc1ccc(C(=O)N2CCC[C@@H](Nc3ncc(SCc4cnc(C)nc4)s3)C2)cc1.C=CC(=O)Nc1ccc(O[C@@H]2CCC[C@@H](Nc3ncc(SCc4ncc(C(C)(C)C)o4)s3)C2)c(C(F)(F)F)c1. The largest absolute Gasteiger partial charge is 0.490 e. The number of pyridine rings is 1. The predicted molar refractivity (Wildman–Crippen MR) is 417 cm³/mol. The first-order valence-corrected chi connectivity index (χ1v) is 39.6. The molecule has 6 N–H and O–H groups in total. The minimum absolute atomic E-state index is 0.00467. The number of carbonyl (C=O) groups is 5. The Labute approximate surface area is 638 Å². The van der Waals surface area contributed by atoms with E-state index < -0.39 is 17.6 Å². The molecule has 0 bridgehead atoms. The van der Waals surface area contributed by atoms with Gasteiger partial charge in [-0.1, -0.05) is 80.6 Å². The van der Waals surface area contributed by atoms with Gasteiger partial charge in [0.05, 0.1) is 48.7 Å². The average Bonchev–Trinajstić information content (AvgIpc) is 0.896. The molecule has 1 saturated carbocycles. The van der Waals surface area contributed by atoms with E-state index in [0.717, 1.165) is 120 Å². The number of oxazole rings is 1. The van der Waals surface area contributed by atoms with Crippen LogP contribution in [0.15, 0.2) is 183 Å². The van der Waals surface area contributed by atoms with Gasteiger partial charge in [0, 0.05) is 121 Å². The summed E-state index contributed by atoms with van der Waals surface area (Å²) in [4.78, 5) is 94.6. The van der Waals surface area contributed by atoms with Crippen molar-refractivity contribution < 1.29 is 46.3 Å². The number of hydrogen-bond donors (Lipinski definition) is 6. The fraction of sp³-hybridized carbons (Fsp3) is 0.333. The summed E-state index contributed by atoms with van der Waals surface area (Å²) in [5.74, 6) is 3.11. The Balaban J connectivity index is 0.000000171. The minimum atomic E-state index is -4.63. The highest BCUT2D eigenvalue weighted by molar-refractivity contribution is 8.01. The zero-order valence-electron chi connectivity index (χ0n) is 58.9. The predicted octanol–water partition coefficient (Wildman–Crippen LogP) is 16.7. The Bertz CT molecular complexity index is 4440. The molecular formula is C75H82F3N15O7S6. The van der Waals surface area contributed by atoms with E-state index in [1.54, 1.807) is 125 Å². The second kappa shape index (κ2) is 38.2. The van der Waals surface area contributed by atoms with E-state index in [1.165, 1.54) is 41.2 Å². The summed E-state index contributed by atoms with van der Waals surface area (Å²) in [6.07, 6.45) is 19.8. The number of aromatic nitrogens is 7. The van der Waals surface area contributed by atoms with Crippen LogP contribution >= 0.6 is 69.3 Å². The van der Waals surface area contributed by atoms with Crippen molar-refractivity contribution in [2.45, 2.75) is 145 Å². The number of halogens is 3. The molecule has 4 atom stereocenters. The summed E-state index contributed by atoms with van der Waals surface area (Å²) in [6.45, 7) is 21.0. The lowest BCUT2D eigenvalue weighted by atomic mass is 9.93. The lowest BCUT2D eigenvalue weighted by molar-refractivity contribution is -0.139. The zero-order valence-corrected chi connectivity index (χ0v) is 63.8. The van der Waals surface area contributed by atoms with Gasteiger partial charge in [-0.25, -0.2) is 29.9 Å². The van der Waals surface area contributed by atoms with Crippen LogP contribution in [0.4, 0.5) is 45.6 Å². The van der Waals surface area contributed by atoms with Crippen LogP contribution < -0.4 is 36.6 Å². The molecule has 9 aromatic rings. The summed E-state index contributed by atoms with van der Waals surface area (Å²) < 4.78 is 56.2. The number of amides is 5. The molecule has 2 aliphatic heterocycles. The van der Waals surface area contributed by atoms with Crippen molar-refractivity contribution in [3.05, 3.63) is 212 Å². The van der Waals surface area contributed by atoms with E-state index in [9.17, 15) is 37.1 Å². The molecule has 0 unspecified atom stereocenters. The van der Waals surface area contributed by atoms with Crippen LogP contribution in [-0.2, 0) is 43.2 Å². The van der Waals surface area contributed by atoms with Crippen LogP contribution in [0.1, 0.15) is 127 Å². The zero-order chi connectivity index (χ0) is 75.2. The Morgan fingerprint density at radius 3 is 1.54 bits per heavy atom. The quantitative estimate of drug-likeness (QED) is 0.0229. The van der Waals surface area contributed by atoms with Gasteiger partial charge in [0.15, 0.2) is 15.4 Å². The number of thioether (sulfide) groups is 3. The number of ether oxygens (including phenoxy) is 1. The standard InChI is InChI=1S/C27H31F3N4O3S2.C24H26N6O2S2.C24H25N5O2S2/c1-5-22(35)33-17-9-10-20(19(12-17)27(28,29)30)36-18-8-6-7-16(11-18)34-25-32-14-24(39-25)38-15-23-31-13-21(37-23)26(2,3)4;1-3-21(31)28-19-8-6-18(7-9-19)23(32)30-10-4-5-20(14-30)29-24-27-13-22(34-24)33-15-17-11-25-16(2)26-12-17;1-2-21(30)27-19-9-7-18(8-10-19)23(31)29-12-4-6-20(15-29)28-24-26-14-22(33-24)32-16-17-5-3-11-25-13-17/h5,9-10,12-14,16,18H,1,6-8,11,15H2,2-4H3,(H,32,34)(H,33,35);3,6-9,11-13,20H,1,4-5,10,14-15H2,2H3,(H,27,29)(H,28,31);2-3,5,7-11,13-14,20H,1,4,6,12,15-16H2,(H,26,28)(H,27,30)/t16-,18-;2*20-/m111/s1. The maximum atomic E-state index is 13.7. The highest BCUT2D eigenvalue weighted by atomic mass is 32.2. The number of likely N-dealkylation sites (tertiary alicyclic amines) is 2. The Morgan fingerprint density at radius 2 is 1.06 bits per heavy atom. The van der Waals surface area contributed by atoms with Crippen molar-refractivity contribution in [1.82, 2.24) is 44.7 Å². The lowest BCUT2D eigenvalue weighted by Crippen LogP contribution is -2.45. The monoisotopic (exact) mass is 1550 g/mol. The molecule has 556 valence electrons. The van der Waals surface area contributed by atoms with Gasteiger partial charge in [-0.2, -0.15) is 13.2 Å². The molecule has 6 aromatic heterocycles. The number of rotatable bonds is 25. The summed E-state index contributed by atoms with van der Waals surface area (Å²) in [7, 11) is 0. The van der Waals surface area contributed by atoms with E-state index in [4.69, 9.17) is 9.15 Å². The molecule has 22 nitrogen and oxygen atoms in total. The van der Waals surface area contributed by atoms with Crippen LogP contribution in [0.2, 0.25) is 0 Å². The normalized spacial score (nSPS) is 16.5. The molecule has 3 fully saturated rings. The van der Waals surface area contributed by atoms with Crippen molar-refractivity contribution >= 4 is 131 Å². The van der Waals surface area contributed by atoms with Gasteiger partial charge in [0.1, 0.15) is 23.4 Å². The third-order valence-corrected chi connectivity index (χ3v) is 23.1. The second-order valence-corrected chi connectivity index (χ2v) is 32.8. The van der Waals surface area contributed by atoms with Crippen molar-refractivity contribution in [3.8, 4) is 5.75 Å². The van der Waals surface area contributed by atoms with Crippen LogP contribution in [0.5, 0.6) is 5.75 Å². The van der Waals surface area contributed by atoms with Gasteiger partial charge in [-0.3, -0.25) is 29.0 Å². The Morgan fingerprint density at radius 1 is 0.575 bits per heavy atom. The van der Waals surface area contributed by atoms with Gasteiger partial charge < -0.3 is 50.9 Å². The molecule has 12 rings (SSSR count). The number of benzene rings is 3. The number of hydrogen-bond acceptors (Lipinski definition) is 23. The number of nitrogens with one attached hydrogen (secondary N) is 6. The summed E-state index contributed by atoms with van der Waals surface area (Å²) >= 11 is 9.82. The maximum Gasteiger partial charge on any atom is 0.420 e. The molecule has 2 saturated heterocycles. The fourth-order valence-corrected chi connectivity index (χ4v) is 16.8. The average molecular weight is 1550 g/mol. The maximum absolute atomic E-state index is 13.7. The molecule has 8 heterocycles. The van der Waals surface area contributed by atoms with E-state index in [2.05, 4.69) is 113 Å². The minimum Gasteiger partial charge on any atom is -0.490 e. The molecule has 0 radical (unpaired) electrons. The van der Waals surface area contributed by atoms with E-state index in [0.29, 0.717) is 60.1 Å². The van der Waals surface area contributed by atoms with Crippen LogP contribution in [0.3, 0.4) is 0 Å². The lowest BCUT2D eigenvalue weighted by Gasteiger charge is -2.33. The Kier molecular flexibility index (Phi) is 28.6. The third kappa shape index (κ3) is 24.3. The van der Waals surface area contributed by atoms with Crippen molar-refractivity contribution in [3.63, 3.8) is 0 Å². The summed E-state index contributed by atoms with van der Waals surface area (Å²) in [5.41, 5.74) is 3.74. The molecule has 3 aliphatic rings. The van der Waals surface area contributed by atoms with E-state index in [-0.39, 0.29) is 64.7 Å². The van der Waals surface area contributed by atoms with Crippen molar-refractivity contribution in [2.24, 2.45) is 0 Å². The highest BCUT2D eigenvalue weighted by Gasteiger charge is 2.37. The number of piperidine rings is 2. The number of anilines is 6. The molecule has 5 amide bonds. The number of carbonyl (C=O) groups excluding carboxylic acids is 5. The van der Waals surface area contributed by atoms with Crippen LogP contribution in [-0.4, -0.2) is 125 Å². The van der Waals surface area contributed by atoms with Crippen LogP contribution in [0, 0.1) is 6.92 Å². The molecule has 1 aliphatic carbocycles. The highest BCUT2D eigenvalue weighted by Crippen LogP contribution is 2.41. The smallest absolute Gasteiger partial charge is 0.420 e. The second-order valence-electron chi connectivity index (χ2n) is 25.8. The number of alkyl halides is 3. The summed E-state index contributed by atoms with van der Waals surface area (Å²) in [5, 5.41) is 20.7. The van der Waals surface area contributed by atoms with Gasteiger partial charge in [0.2, 0.25) is 23.6 Å². The van der Waals surface area contributed by atoms with Gasteiger partial charge in [0.25, 0.3) is 11.8 Å². The van der Waals surface area contributed by atoms with Crippen molar-refractivity contribution in [1.29, 1.82) is 0 Å². The molecule has 106 heavy (non-hydrogen) atoms. The molecule has 0 spiro atoms. The first kappa shape index (κ1) is 79.2. The number of aryl methyl sites for hydroxylation is 1. The molecule has 31 heteroatoms. The number of nitrogens with zero attached hydrogens (tertiary/aromatic N) is 9. The topological polar surface area (TPSA) is 277 Å². The van der Waals surface area contributed by atoms with Crippen LogP contribution in [0.25, 0.3) is 0 Å². The Hall–Kier alpha value is -9.40. The first-order valence-electron chi connectivity index (χ1n) is 34.1. The van der Waals surface area contributed by atoms with Gasteiger partial charge >= 0.3 is 6.18 Å². The van der Waals surface area contributed by atoms with Gasteiger partial charge in [-0.15, -0.1) is 35.3 Å². The van der Waals surface area contributed by atoms with E-state index >= 15 is 0 Å². The van der Waals surface area contributed by atoms with Gasteiger partial charge in [-0.05, 0) is 154 Å². The van der Waals surface area contributed by atoms with Crippen molar-refractivity contribution in [2.75, 3.05) is 58.1 Å². The third-order valence-electron chi connectivity index (χ3n) is 16.6. The van der Waals surface area contributed by atoms with E-state index in [1.807, 2.05) is 53.8 Å².